The van der Waals surface area contributed by atoms with Gasteiger partial charge in [0, 0.05) is 32.0 Å². The third kappa shape index (κ3) is 7.60. The summed E-state index contributed by atoms with van der Waals surface area (Å²) in [5.41, 5.74) is 15.2. The molecule has 10 aromatic rings. The molecule has 9 aromatic carbocycles. The topological polar surface area (TPSA) is 23.8 Å². The summed E-state index contributed by atoms with van der Waals surface area (Å²) in [6.45, 7) is 7.36. The molecule has 1 nitrogen and oxygen atoms in total. The van der Waals surface area contributed by atoms with E-state index in [1.54, 1.807) is 0 Å². The van der Waals surface area contributed by atoms with Crippen molar-refractivity contribution in [3.63, 3.8) is 0 Å². The van der Waals surface area contributed by atoms with Crippen molar-refractivity contribution in [2.75, 3.05) is 0 Å². The smallest absolute Gasteiger partial charge is 0.0625 e. The standard InChI is InChI=1S/C64H55NS/c1-42(58(38-44-31-29-43(30-32-44)16-15-37-65)53-26-13-20-46-19-7-8-22-51(46)53)47-35-36-57-59(40-47)64(2,3)60-41-49(52-23-9-10-25-55(52)62(57)60)34-33-48(45-17-5-4-6-18-45)39-50-21-14-27-56-54-24-11-12-28-61(54)66-63(50)56/h4-14,17-32,35-36,40-42,48,58H,15-16,33-34,38-39H2,1-3H3. The molecule has 0 fully saturated rings. The number of fused-ring (bicyclic) bond motifs is 9. The lowest BCUT2D eigenvalue weighted by atomic mass is 9.75. The van der Waals surface area contributed by atoms with Crippen LogP contribution in [0.3, 0.4) is 0 Å². The van der Waals surface area contributed by atoms with Crippen molar-refractivity contribution in [3.8, 4) is 17.2 Å². The molecular weight excluding hydrogens is 815 g/mol. The number of benzene rings is 9. The van der Waals surface area contributed by atoms with Crippen LogP contribution in [-0.4, -0.2) is 0 Å². The van der Waals surface area contributed by atoms with E-state index in [4.69, 9.17) is 0 Å². The van der Waals surface area contributed by atoms with Gasteiger partial charge in [-0.3, -0.25) is 0 Å². The highest BCUT2D eigenvalue weighted by molar-refractivity contribution is 7.26. The number of nitrogens with zero attached hydrogens (tertiary/aromatic N) is 1. The normalized spacial score (nSPS) is 14.3. The van der Waals surface area contributed by atoms with E-state index in [0.717, 1.165) is 32.1 Å². The van der Waals surface area contributed by atoms with Gasteiger partial charge in [-0.15, -0.1) is 11.3 Å². The highest BCUT2D eigenvalue weighted by Gasteiger charge is 2.38. The van der Waals surface area contributed by atoms with Crippen LogP contribution in [0.25, 0.3) is 52.8 Å². The maximum absolute atomic E-state index is 9.19. The molecule has 1 aromatic heterocycles. The van der Waals surface area contributed by atoms with Crippen molar-refractivity contribution < 1.29 is 0 Å². The number of aryl methyl sites for hydroxylation is 2. The Morgan fingerprint density at radius 1 is 0.545 bits per heavy atom. The fourth-order valence-electron chi connectivity index (χ4n) is 11.5. The summed E-state index contributed by atoms with van der Waals surface area (Å²) in [7, 11) is 0. The Hall–Kier alpha value is -6.79. The van der Waals surface area contributed by atoms with Gasteiger partial charge in [-0.25, -0.2) is 0 Å². The van der Waals surface area contributed by atoms with Crippen LogP contribution in [0, 0.1) is 11.3 Å². The number of thiophene rings is 1. The molecule has 0 amide bonds. The van der Waals surface area contributed by atoms with E-state index in [-0.39, 0.29) is 17.3 Å². The maximum Gasteiger partial charge on any atom is 0.0625 e. The molecule has 1 aliphatic carbocycles. The molecule has 11 rings (SSSR count). The summed E-state index contributed by atoms with van der Waals surface area (Å²) >= 11 is 1.95. The molecule has 0 radical (unpaired) electrons. The Bertz CT molecular complexity index is 3430. The van der Waals surface area contributed by atoms with Crippen LogP contribution in [0.2, 0.25) is 0 Å². The second-order valence-electron chi connectivity index (χ2n) is 19.3. The summed E-state index contributed by atoms with van der Waals surface area (Å²) < 4.78 is 2.80. The van der Waals surface area contributed by atoms with Crippen molar-refractivity contribution in [1.82, 2.24) is 0 Å². The van der Waals surface area contributed by atoms with Gasteiger partial charge in [-0.1, -0.05) is 203 Å². The van der Waals surface area contributed by atoms with Crippen molar-refractivity contribution >= 4 is 53.1 Å². The van der Waals surface area contributed by atoms with Crippen LogP contribution in [-0.2, 0) is 31.1 Å². The van der Waals surface area contributed by atoms with Crippen molar-refractivity contribution in [2.45, 2.75) is 82.5 Å². The molecule has 0 aliphatic heterocycles. The zero-order valence-corrected chi connectivity index (χ0v) is 39.0. The molecule has 2 heteroatoms. The molecule has 3 unspecified atom stereocenters. The Morgan fingerprint density at radius 3 is 2.05 bits per heavy atom. The molecule has 1 heterocycles. The van der Waals surface area contributed by atoms with E-state index in [1.165, 1.54) is 103 Å². The average molecular weight is 870 g/mol. The van der Waals surface area contributed by atoms with Gasteiger partial charge in [0.2, 0.25) is 0 Å². The number of hydrogen-bond acceptors (Lipinski definition) is 2. The summed E-state index contributed by atoms with van der Waals surface area (Å²) in [5, 5.41) is 17.3. The highest BCUT2D eigenvalue weighted by atomic mass is 32.1. The van der Waals surface area contributed by atoms with Crippen LogP contribution in [0.15, 0.2) is 188 Å². The molecule has 322 valence electrons. The second kappa shape index (κ2) is 17.5. The summed E-state index contributed by atoms with van der Waals surface area (Å²) in [6.07, 6.45) is 5.38. The molecular formula is C64H55NS. The number of rotatable bonds is 13. The van der Waals surface area contributed by atoms with E-state index >= 15 is 0 Å². The fourth-order valence-corrected chi connectivity index (χ4v) is 12.7. The maximum atomic E-state index is 9.19. The van der Waals surface area contributed by atoms with Crippen LogP contribution in [0.1, 0.15) is 101 Å². The Morgan fingerprint density at radius 2 is 1.23 bits per heavy atom. The van der Waals surface area contributed by atoms with Crippen molar-refractivity contribution in [3.05, 3.63) is 238 Å². The molecule has 0 spiro atoms. The van der Waals surface area contributed by atoms with Gasteiger partial charge >= 0.3 is 0 Å². The zero-order valence-electron chi connectivity index (χ0n) is 38.2. The lowest BCUT2D eigenvalue weighted by Gasteiger charge is -2.28. The minimum atomic E-state index is -0.164. The van der Waals surface area contributed by atoms with Gasteiger partial charge in [0.15, 0.2) is 0 Å². The monoisotopic (exact) mass is 869 g/mol. The van der Waals surface area contributed by atoms with Gasteiger partial charge in [-0.2, -0.15) is 5.26 Å². The van der Waals surface area contributed by atoms with Crippen LogP contribution < -0.4 is 0 Å². The van der Waals surface area contributed by atoms with Gasteiger partial charge in [-0.05, 0) is 139 Å². The highest BCUT2D eigenvalue weighted by Crippen LogP contribution is 2.53. The van der Waals surface area contributed by atoms with Crippen LogP contribution >= 0.6 is 11.3 Å². The van der Waals surface area contributed by atoms with Gasteiger partial charge < -0.3 is 0 Å². The van der Waals surface area contributed by atoms with Gasteiger partial charge in [0.05, 0.1) is 6.07 Å². The summed E-state index contributed by atoms with van der Waals surface area (Å²) in [5.74, 6) is 0.917. The van der Waals surface area contributed by atoms with E-state index in [1.807, 2.05) is 11.3 Å². The molecule has 66 heavy (non-hydrogen) atoms. The van der Waals surface area contributed by atoms with Crippen molar-refractivity contribution in [1.29, 1.82) is 5.26 Å². The lowest BCUT2D eigenvalue weighted by molar-refractivity contribution is 0.573. The lowest BCUT2D eigenvalue weighted by Crippen LogP contribution is -2.17. The first kappa shape index (κ1) is 41.9. The fraction of sp³-hybridized carbons (Fsp3) is 0.203. The van der Waals surface area contributed by atoms with Gasteiger partial charge in [0.1, 0.15) is 0 Å². The summed E-state index contributed by atoms with van der Waals surface area (Å²) in [4.78, 5) is 0. The number of nitriles is 1. The SMILES string of the molecule is CC(c1ccc2c(c1)C(C)(C)c1cc(CCC(Cc3cccc4c3sc3ccccc34)c3ccccc3)c3ccccc3c1-2)C(Cc1ccc(CCC#N)cc1)c1cccc2ccccc12. The van der Waals surface area contributed by atoms with Gasteiger partial charge in [0.25, 0.3) is 0 Å². The predicted molar refractivity (Wildman–Crippen MR) is 281 cm³/mol. The average Bonchev–Trinajstić information content (AvgIpc) is 3.86. The third-order valence-electron chi connectivity index (χ3n) is 15.1. The number of hydrogen-bond donors (Lipinski definition) is 0. The first-order chi connectivity index (χ1) is 32.4. The van der Waals surface area contributed by atoms with Crippen LogP contribution in [0.5, 0.6) is 0 Å². The molecule has 0 saturated heterocycles. The Kier molecular flexibility index (Phi) is 11.1. The predicted octanol–water partition coefficient (Wildman–Crippen LogP) is 17.2. The molecule has 0 N–H and O–H groups in total. The molecule has 3 atom stereocenters. The minimum Gasteiger partial charge on any atom is -0.198 e. The zero-order chi connectivity index (χ0) is 44.8. The van der Waals surface area contributed by atoms with E-state index in [9.17, 15) is 5.26 Å². The van der Waals surface area contributed by atoms with Crippen molar-refractivity contribution in [2.24, 2.45) is 0 Å². The van der Waals surface area contributed by atoms with E-state index < -0.39 is 0 Å². The third-order valence-corrected chi connectivity index (χ3v) is 16.4. The Balaban J connectivity index is 0.939. The van der Waals surface area contributed by atoms with E-state index in [0.29, 0.717) is 12.3 Å². The minimum absolute atomic E-state index is 0.164. The molecule has 1 aliphatic rings. The summed E-state index contributed by atoms with van der Waals surface area (Å²) in [6, 6.07) is 73.4. The van der Waals surface area contributed by atoms with Crippen LogP contribution in [0.4, 0.5) is 0 Å². The largest absolute Gasteiger partial charge is 0.198 e. The second-order valence-corrected chi connectivity index (χ2v) is 20.4. The molecule has 0 saturated carbocycles. The van der Waals surface area contributed by atoms with E-state index in [2.05, 4.69) is 215 Å². The first-order valence-electron chi connectivity index (χ1n) is 23.9. The first-order valence-corrected chi connectivity index (χ1v) is 24.7. The molecule has 0 bridgehead atoms. The Labute approximate surface area is 394 Å². The quantitative estimate of drug-likeness (QED) is 0.113.